The molecule has 2 N–H and O–H groups in total. The molecule has 0 atom stereocenters. The number of carboxylic acids is 1. The van der Waals surface area contributed by atoms with Crippen molar-refractivity contribution in [3.05, 3.63) is 35.0 Å². The highest BCUT2D eigenvalue weighted by Gasteiger charge is 2.51. The lowest BCUT2D eigenvalue weighted by Crippen LogP contribution is -2.43. The molecule has 1 aliphatic rings. The van der Waals surface area contributed by atoms with E-state index in [1.165, 1.54) is 0 Å². The van der Waals surface area contributed by atoms with Crippen molar-refractivity contribution in [2.24, 2.45) is 0 Å². The van der Waals surface area contributed by atoms with Crippen molar-refractivity contribution < 1.29 is 19.4 Å². The predicted octanol–water partition coefficient (Wildman–Crippen LogP) is 2.25. The highest BCUT2D eigenvalue weighted by atomic mass is 16.5. The monoisotopic (exact) mass is 330 g/mol. The number of ether oxygens (including phenoxy) is 1. The number of hydrogen-bond donors (Lipinski definition) is 2. The number of amides is 1. The van der Waals surface area contributed by atoms with Gasteiger partial charge in [0, 0.05) is 35.8 Å². The van der Waals surface area contributed by atoms with E-state index in [1.807, 2.05) is 26.0 Å². The molecular formula is C18H22N2O4. The van der Waals surface area contributed by atoms with Gasteiger partial charge in [-0.2, -0.15) is 0 Å². The lowest BCUT2D eigenvalue weighted by molar-refractivity contribution is -0.140. The molecule has 1 aromatic carbocycles. The van der Waals surface area contributed by atoms with Crippen molar-refractivity contribution in [2.75, 3.05) is 13.7 Å². The lowest BCUT2D eigenvalue weighted by Gasteiger charge is -2.12. The Morgan fingerprint density at radius 1 is 1.33 bits per heavy atom. The number of carboxylic acid groups (broad SMARTS) is 1. The van der Waals surface area contributed by atoms with Crippen LogP contribution in [0.4, 0.5) is 0 Å². The molecule has 0 spiro atoms. The lowest BCUT2D eigenvalue weighted by atomic mass is 10.1. The topological polar surface area (TPSA) is 80.6 Å². The van der Waals surface area contributed by atoms with Crippen LogP contribution in [0.1, 0.15) is 34.5 Å². The molecule has 0 radical (unpaired) electrons. The molecule has 1 aliphatic carbocycles. The molecule has 1 amide bonds. The highest BCUT2D eigenvalue weighted by Crippen LogP contribution is 2.36. The molecule has 6 nitrogen and oxygen atoms in total. The van der Waals surface area contributed by atoms with Crippen molar-refractivity contribution in [1.82, 2.24) is 9.88 Å². The zero-order valence-electron chi connectivity index (χ0n) is 14.2. The Balaban J connectivity index is 1.93. The van der Waals surface area contributed by atoms with Crippen molar-refractivity contribution in [3.63, 3.8) is 0 Å². The minimum absolute atomic E-state index is 0.335. The van der Waals surface area contributed by atoms with Gasteiger partial charge in [0.1, 0.15) is 5.54 Å². The van der Waals surface area contributed by atoms with Gasteiger partial charge in [-0.1, -0.05) is 0 Å². The van der Waals surface area contributed by atoms with Crippen molar-refractivity contribution in [2.45, 2.75) is 38.8 Å². The van der Waals surface area contributed by atoms with Gasteiger partial charge in [0.2, 0.25) is 0 Å². The number of fused-ring (bicyclic) bond motifs is 1. The summed E-state index contributed by atoms with van der Waals surface area (Å²) in [5.41, 5.74) is 2.74. The number of methoxy groups -OCH3 is 1. The van der Waals surface area contributed by atoms with Gasteiger partial charge in [-0.05, 0) is 50.5 Å². The Bertz CT molecular complexity index is 818. The van der Waals surface area contributed by atoms with E-state index in [4.69, 9.17) is 4.74 Å². The maximum absolute atomic E-state index is 12.4. The first kappa shape index (κ1) is 16.5. The largest absolute Gasteiger partial charge is 0.480 e. The number of aryl methyl sites for hydroxylation is 1. The number of benzene rings is 1. The Morgan fingerprint density at radius 3 is 2.62 bits per heavy atom. The third-order valence-corrected chi connectivity index (χ3v) is 4.93. The SMILES string of the molecule is COCCn1c(C)c(C)c2cc(C(=O)NC3(C(=O)O)CC3)ccc21. The van der Waals surface area contributed by atoms with Gasteiger partial charge in [0.15, 0.2) is 0 Å². The smallest absolute Gasteiger partial charge is 0.329 e. The molecule has 0 saturated heterocycles. The van der Waals surface area contributed by atoms with Crippen LogP contribution in [-0.2, 0) is 16.1 Å². The minimum atomic E-state index is -1.07. The fourth-order valence-corrected chi connectivity index (χ4v) is 3.07. The first-order valence-corrected chi connectivity index (χ1v) is 8.04. The van der Waals surface area contributed by atoms with Gasteiger partial charge in [0.25, 0.3) is 5.91 Å². The highest BCUT2D eigenvalue weighted by molar-refractivity contribution is 6.02. The van der Waals surface area contributed by atoms with E-state index in [1.54, 1.807) is 13.2 Å². The molecule has 1 aromatic heterocycles. The van der Waals surface area contributed by atoms with Crippen LogP contribution in [0.2, 0.25) is 0 Å². The second-order valence-corrected chi connectivity index (χ2v) is 6.43. The quantitative estimate of drug-likeness (QED) is 0.851. The molecule has 0 unspecified atom stereocenters. The Kier molecular flexibility index (Phi) is 4.09. The van der Waals surface area contributed by atoms with Gasteiger partial charge in [-0.25, -0.2) is 4.79 Å². The van der Waals surface area contributed by atoms with Crippen LogP contribution in [0, 0.1) is 13.8 Å². The summed E-state index contributed by atoms with van der Waals surface area (Å²) in [6.07, 6.45) is 0.976. The molecule has 2 aromatic rings. The fraction of sp³-hybridized carbons (Fsp3) is 0.444. The van der Waals surface area contributed by atoms with E-state index in [9.17, 15) is 14.7 Å². The van der Waals surface area contributed by atoms with Crippen LogP contribution in [0.5, 0.6) is 0 Å². The molecule has 6 heteroatoms. The first-order valence-electron chi connectivity index (χ1n) is 8.04. The predicted molar refractivity (Wildman–Crippen MR) is 90.4 cm³/mol. The van der Waals surface area contributed by atoms with E-state index in [2.05, 4.69) is 9.88 Å². The van der Waals surface area contributed by atoms with Gasteiger partial charge in [0.05, 0.1) is 6.61 Å². The number of nitrogens with one attached hydrogen (secondary N) is 1. The van der Waals surface area contributed by atoms with E-state index >= 15 is 0 Å². The Hall–Kier alpha value is -2.34. The van der Waals surface area contributed by atoms with Crippen LogP contribution in [0.3, 0.4) is 0 Å². The Labute approximate surface area is 140 Å². The van der Waals surface area contributed by atoms with E-state index in [0.29, 0.717) is 25.0 Å². The van der Waals surface area contributed by atoms with Crippen molar-refractivity contribution >= 4 is 22.8 Å². The molecule has 1 saturated carbocycles. The molecule has 24 heavy (non-hydrogen) atoms. The maximum Gasteiger partial charge on any atom is 0.329 e. The molecule has 3 rings (SSSR count). The second kappa shape index (κ2) is 5.94. The summed E-state index contributed by atoms with van der Waals surface area (Å²) >= 11 is 0. The zero-order valence-corrected chi connectivity index (χ0v) is 14.2. The van der Waals surface area contributed by atoms with Gasteiger partial charge < -0.3 is 19.7 Å². The zero-order chi connectivity index (χ0) is 17.5. The summed E-state index contributed by atoms with van der Waals surface area (Å²) in [5, 5.41) is 12.9. The minimum Gasteiger partial charge on any atom is -0.480 e. The number of rotatable bonds is 6. The van der Waals surface area contributed by atoms with Crippen LogP contribution in [0.25, 0.3) is 10.9 Å². The van der Waals surface area contributed by atoms with Crippen LogP contribution >= 0.6 is 0 Å². The van der Waals surface area contributed by atoms with Gasteiger partial charge in [-0.3, -0.25) is 4.79 Å². The van der Waals surface area contributed by atoms with Gasteiger partial charge in [-0.15, -0.1) is 0 Å². The summed E-state index contributed by atoms with van der Waals surface area (Å²) in [5.74, 6) is -1.30. The standard InChI is InChI=1S/C18H22N2O4/c1-11-12(2)20(8-9-24-3)15-5-4-13(10-14(11)15)16(21)19-18(6-7-18)17(22)23/h4-5,10H,6-9H2,1-3H3,(H,19,21)(H,22,23). The van der Waals surface area contributed by atoms with Crippen LogP contribution in [0.15, 0.2) is 18.2 Å². The Morgan fingerprint density at radius 2 is 2.04 bits per heavy atom. The molecule has 1 fully saturated rings. The number of carbonyl (C=O) groups is 2. The number of aromatic nitrogens is 1. The summed E-state index contributed by atoms with van der Waals surface area (Å²) < 4.78 is 7.34. The fourth-order valence-electron chi connectivity index (χ4n) is 3.07. The average molecular weight is 330 g/mol. The third-order valence-electron chi connectivity index (χ3n) is 4.93. The number of hydrogen-bond acceptors (Lipinski definition) is 3. The summed E-state index contributed by atoms with van der Waals surface area (Å²) in [6, 6.07) is 5.51. The molecule has 0 aliphatic heterocycles. The molecule has 1 heterocycles. The second-order valence-electron chi connectivity index (χ2n) is 6.43. The van der Waals surface area contributed by atoms with E-state index < -0.39 is 11.5 Å². The first-order chi connectivity index (χ1) is 11.4. The van der Waals surface area contributed by atoms with Crippen molar-refractivity contribution in [3.8, 4) is 0 Å². The summed E-state index contributed by atoms with van der Waals surface area (Å²) in [6.45, 7) is 5.45. The van der Waals surface area contributed by atoms with Gasteiger partial charge >= 0.3 is 5.97 Å². The summed E-state index contributed by atoms with van der Waals surface area (Å²) in [4.78, 5) is 23.7. The van der Waals surface area contributed by atoms with Crippen molar-refractivity contribution in [1.29, 1.82) is 0 Å². The number of aliphatic carboxylic acids is 1. The van der Waals surface area contributed by atoms with E-state index in [-0.39, 0.29) is 5.91 Å². The van der Waals surface area contributed by atoms with Crippen LogP contribution < -0.4 is 5.32 Å². The maximum atomic E-state index is 12.4. The molecule has 0 bridgehead atoms. The average Bonchev–Trinajstić information content (AvgIpc) is 3.30. The van der Waals surface area contributed by atoms with Crippen LogP contribution in [-0.4, -0.2) is 40.8 Å². The number of nitrogens with zero attached hydrogens (tertiary/aromatic N) is 1. The summed E-state index contributed by atoms with van der Waals surface area (Å²) in [7, 11) is 1.67. The third kappa shape index (κ3) is 2.67. The molecule has 128 valence electrons. The van der Waals surface area contributed by atoms with E-state index in [0.717, 1.165) is 28.7 Å². The molecular weight excluding hydrogens is 308 g/mol. The number of carbonyl (C=O) groups excluding carboxylic acids is 1. The normalized spacial score (nSPS) is 15.5.